The zero-order valence-corrected chi connectivity index (χ0v) is 20.4. The Bertz CT molecular complexity index is 624. The van der Waals surface area contributed by atoms with Crippen LogP contribution in [0.5, 0.6) is 17.2 Å². The molecule has 1 aliphatic rings. The first-order valence-corrected chi connectivity index (χ1v) is 10.1. The molecule has 1 saturated carbocycles. The number of guanidine groups is 1. The number of rotatable bonds is 13. The zero-order chi connectivity index (χ0) is 20.2. The molecule has 166 valence electrons. The second-order valence-electron chi connectivity index (χ2n) is 6.80. The van der Waals surface area contributed by atoms with E-state index < -0.39 is 0 Å². The molecule has 29 heavy (non-hydrogen) atoms. The lowest BCUT2D eigenvalue weighted by Gasteiger charge is -2.16. The first kappa shape index (κ1) is 25.6. The molecule has 2 N–H and O–H groups in total. The van der Waals surface area contributed by atoms with Crippen LogP contribution in [0.2, 0.25) is 0 Å². The number of benzene rings is 1. The fourth-order valence-corrected chi connectivity index (χ4v) is 2.91. The van der Waals surface area contributed by atoms with E-state index >= 15 is 0 Å². The highest BCUT2D eigenvalue weighted by Crippen LogP contribution is 2.39. The molecular weight excluding hydrogens is 485 g/mol. The summed E-state index contributed by atoms with van der Waals surface area (Å²) < 4.78 is 22.0. The zero-order valence-electron chi connectivity index (χ0n) is 18.1. The van der Waals surface area contributed by atoms with Crippen LogP contribution in [-0.2, 0) is 11.2 Å². The van der Waals surface area contributed by atoms with Crippen LogP contribution < -0.4 is 24.8 Å². The maximum Gasteiger partial charge on any atom is 0.203 e. The first-order chi connectivity index (χ1) is 13.7. The van der Waals surface area contributed by atoms with Crippen molar-refractivity contribution >= 4 is 29.9 Å². The van der Waals surface area contributed by atoms with Gasteiger partial charge in [0, 0.05) is 38.4 Å². The molecular formula is C21H36IN3O4. The van der Waals surface area contributed by atoms with Crippen LogP contribution in [-0.4, -0.2) is 60.1 Å². The molecule has 0 atom stereocenters. The number of nitrogens with one attached hydrogen (secondary N) is 2. The Morgan fingerprint density at radius 3 is 2.45 bits per heavy atom. The molecule has 0 radical (unpaired) electrons. The van der Waals surface area contributed by atoms with Crippen LogP contribution in [0.3, 0.4) is 0 Å². The van der Waals surface area contributed by atoms with Crippen molar-refractivity contribution in [3.8, 4) is 17.2 Å². The summed E-state index contributed by atoms with van der Waals surface area (Å²) in [6.45, 7) is 6.06. The Kier molecular flexibility index (Phi) is 12.8. The Morgan fingerprint density at radius 1 is 1.07 bits per heavy atom. The minimum Gasteiger partial charge on any atom is -0.493 e. The highest BCUT2D eigenvalue weighted by atomic mass is 127. The van der Waals surface area contributed by atoms with Gasteiger partial charge in [0.25, 0.3) is 0 Å². The second kappa shape index (κ2) is 14.5. The maximum absolute atomic E-state index is 5.66. The molecule has 7 nitrogen and oxygen atoms in total. The normalized spacial score (nSPS) is 13.4. The van der Waals surface area contributed by atoms with Gasteiger partial charge in [-0.1, -0.05) is 6.07 Å². The van der Waals surface area contributed by atoms with Gasteiger partial charge in [0.05, 0.1) is 21.3 Å². The monoisotopic (exact) mass is 521 g/mol. The van der Waals surface area contributed by atoms with E-state index in [0.717, 1.165) is 63.1 Å². The van der Waals surface area contributed by atoms with Crippen LogP contribution in [0, 0.1) is 5.92 Å². The van der Waals surface area contributed by atoms with E-state index in [-0.39, 0.29) is 24.0 Å². The van der Waals surface area contributed by atoms with Crippen molar-refractivity contribution in [3.05, 3.63) is 17.7 Å². The van der Waals surface area contributed by atoms with Gasteiger partial charge in [-0.15, -0.1) is 24.0 Å². The highest BCUT2D eigenvalue weighted by molar-refractivity contribution is 14.0. The van der Waals surface area contributed by atoms with Crippen molar-refractivity contribution in [2.24, 2.45) is 10.9 Å². The third kappa shape index (κ3) is 8.86. The number of halogens is 1. The molecule has 0 spiro atoms. The molecule has 2 rings (SSSR count). The smallest absolute Gasteiger partial charge is 0.203 e. The second-order valence-corrected chi connectivity index (χ2v) is 6.80. The summed E-state index contributed by atoms with van der Waals surface area (Å²) >= 11 is 0. The minimum absolute atomic E-state index is 0. The molecule has 1 aromatic carbocycles. The predicted molar refractivity (Wildman–Crippen MR) is 127 cm³/mol. The van der Waals surface area contributed by atoms with Gasteiger partial charge in [-0.3, -0.25) is 4.99 Å². The standard InChI is InChI=1S/C21H35N3O4.HI/c1-5-22-21(23-12-6-14-28-15-16-7-8-16)24-13-11-17-9-10-18(25-2)20(27-4)19(17)26-3;/h9-10,16H,5-8,11-15H2,1-4H3,(H2,22,23,24);1H. The van der Waals surface area contributed by atoms with Crippen LogP contribution in [0.15, 0.2) is 17.1 Å². The summed E-state index contributed by atoms with van der Waals surface area (Å²) in [5.74, 6) is 3.63. The van der Waals surface area contributed by atoms with Gasteiger partial charge >= 0.3 is 0 Å². The number of hydrogen-bond acceptors (Lipinski definition) is 5. The average molecular weight is 521 g/mol. The molecule has 0 aliphatic heterocycles. The fourth-order valence-electron chi connectivity index (χ4n) is 2.91. The first-order valence-electron chi connectivity index (χ1n) is 10.1. The molecule has 1 fully saturated rings. The Labute approximate surface area is 191 Å². The van der Waals surface area contributed by atoms with Gasteiger partial charge in [0.2, 0.25) is 5.75 Å². The summed E-state index contributed by atoms with van der Waals surface area (Å²) in [5, 5.41) is 6.66. The van der Waals surface area contributed by atoms with E-state index in [1.807, 2.05) is 12.1 Å². The molecule has 0 saturated heterocycles. The Balaban J connectivity index is 0.00000420. The third-order valence-electron chi connectivity index (χ3n) is 4.58. The number of ether oxygens (including phenoxy) is 4. The summed E-state index contributed by atoms with van der Waals surface area (Å²) in [5.41, 5.74) is 1.05. The van der Waals surface area contributed by atoms with Crippen LogP contribution in [0.25, 0.3) is 0 Å². The lowest BCUT2D eigenvalue weighted by atomic mass is 10.1. The lowest BCUT2D eigenvalue weighted by molar-refractivity contribution is 0.123. The van der Waals surface area contributed by atoms with Crippen molar-refractivity contribution in [1.29, 1.82) is 0 Å². The molecule has 1 aromatic rings. The summed E-state index contributed by atoms with van der Waals surface area (Å²) in [6, 6.07) is 3.90. The highest BCUT2D eigenvalue weighted by Gasteiger charge is 2.20. The summed E-state index contributed by atoms with van der Waals surface area (Å²) in [7, 11) is 4.88. The molecule has 1 aliphatic carbocycles. The van der Waals surface area contributed by atoms with Crippen molar-refractivity contribution in [2.45, 2.75) is 32.6 Å². The molecule has 8 heteroatoms. The van der Waals surface area contributed by atoms with Gasteiger partial charge in [-0.2, -0.15) is 0 Å². The number of aliphatic imine (C=N–C) groups is 1. The summed E-state index contributed by atoms with van der Waals surface area (Å²) in [4.78, 5) is 4.62. The van der Waals surface area contributed by atoms with Crippen molar-refractivity contribution in [2.75, 3.05) is 54.2 Å². The van der Waals surface area contributed by atoms with E-state index in [9.17, 15) is 0 Å². The van der Waals surface area contributed by atoms with Gasteiger partial charge in [-0.25, -0.2) is 0 Å². The van der Waals surface area contributed by atoms with Crippen LogP contribution in [0.1, 0.15) is 31.7 Å². The quantitative estimate of drug-likeness (QED) is 0.180. The topological polar surface area (TPSA) is 73.3 Å². The molecule has 0 heterocycles. The average Bonchev–Trinajstić information content (AvgIpc) is 3.54. The minimum atomic E-state index is 0. The Hall–Kier alpha value is -1.42. The van der Waals surface area contributed by atoms with Gasteiger partial charge in [0.1, 0.15) is 0 Å². The number of methoxy groups -OCH3 is 3. The van der Waals surface area contributed by atoms with Crippen molar-refractivity contribution in [1.82, 2.24) is 10.6 Å². The third-order valence-corrected chi connectivity index (χ3v) is 4.58. The van der Waals surface area contributed by atoms with Gasteiger partial charge in [-0.05, 0) is 44.6 Å². The van der Waals surface area contributed by atoms with E-state index in [1.165, 1.54) is 12.8 Å². The van der Waals surface area contributed by atoms with Crippen LogP contribution in [0.4, 0.5) is 0 Å². The molecule has 0 amide bonds. The lowest BCUT2D eigenvalue weighted by Crippen LogP contribution is -2.38. The fraction of sp³-hybridized carbons (Fsp3) is 0.667. The maximum atomic E-state index is 5.66. The SMILES string of the molecule is CCNC(=NCCCOCC1CC1)NCCc1ccc(OC)c(OC)c1OC.I. The van der Waals surface area contributed by atoms with E-state index in [0.29, 0.717) is 17.2 Å². The van der Waals surface area contributed by atoms with Crippen molar-refractivity contribution < 1.29 is 18.9 Å². The molecule has 0 bridgehead atoms. The number of hydrogen-bond donors (Lipinski definition) is 2. The van der Waals surface area contributed by atoms with E-state index in [4.69, 9.17) is 18.9 Å². The van der Waals surface area contributed by atoms with E-state index in [2.05, 4.69) is 22.5 Å². The van der Waals surface area contributed by atoms with Gasteiger partial charge in [0.15, 0.2) is 17.5 Å². The summed E-state index contributed by atoms with van der Waals surface area (Å²) in [6.07, 6.45) is 4.38. The molecule has 0 unspecified atom stereocenters. The van der Waals surface area contributed by atoms with Crippen LogP contribution >= 0.6 is 24.0 Å². The van der Waals surface area contributed by atoms with Crippen molar-refractivity contribution in [3.63, 3.8) is 0 Å². The van der Waals surface area contributed by atoms with E-state index in [1.54, 1.807) is 21.3 Å². The van der Waals surface area contributed by atoms with Gasteiger partial charge < -0.3 is 29.6 Å². The predicted octanol–water partition coefficient (Wildman–Crippen LogP) is 3.24. The Morgan fingerprint density at radius 2 is 1.83 bits per heavy atom. The molecule has 0 aromatic heterocycles. The largest absolute Gasteiger partial charge is 0.493 e. The number of nitrogens with zero attached hydrogens (tertiary/aromatic N) is 1.